The number of carboxylic acid groups (broad SMARTS) is 1. The summed E-state index contributed by atoms with van der Waals surface area (Å²) in [6.07, 6.45) is -0.151. The standard InChI is InChI=1S/C16H23N3O3/c1-2-18-9-11-19(12-10-18)14-5-3-13(4-6-14)17-15(20)7-8-16(21)22/h3-6H,2,7-12H2,1H3,(H,17,20)(H,21,22). The number of benzene rings is 1. The summed E-state index contributed by atoms with van der Waals surface area (Å²) < 4.78 is 0. The molecule has 120 valence electrons. The van der Waals surface area contributed by atoms with Gasteiger partial charge in [-0.25, -0.2) is 0 Å². The molecule has 0 spiro atoms. The lowest BCUT2D eigenvalue weighted by Crippen LogP contribution is -2.46. The maximum atomic E-state index is 11.6. The van der Waals surface area contributed by atoms with Crippen molar-refractivity contribution in [3.8, 4) is 0 Å². The van der Waals surface area contributed by atoms with Crippen molar-refractivity contribution in [2.75, 3.05) is 42.9 Å². The number of anilines is 2. The number of nitrogens with zero attached hydrogens (tertiary/aromatic N) is 2. The molecule has 0 saturated carbocycles. The first-order valence-electron chi connectivity index (χ1n) is 7.67. The highest BCUT2D eigenvalue weighted by molar-refractivity contribution is 5.92. The SMILES string of the molecule is CCN1CCN(c2ccc(NC(=O)CCC(=O)O)cc2)CC1. The predicted molar refractivity (Wildman–Crippen MR) is 86.3 cm³/mol. The van der Waals surface area contributed by atoms with Crippen LogP contribution in [-0.4, -0.2) is 54.6 Å². The number of carboxylic acids is 1. The monoisotopic (exact) mass is 305 g/mol. The van der Waals surface area contributed by atoms with Crippen molar-refractivity contribution >= 4 is 23.3 Å². The lowest BCUT2D eigenvalue weighted by molar-refractivity contribution is -0.138. The summed E-state index contributed by atoms with van der Waals surface area (Å²) in [4.78, 5) is 26.8. The zero-order valence-corrected chi connectivity index (χ0v) is 12.9. The molecule has 22 heavy (non-hydrogen) atoms. The van der Waals surface area contributed by atoms with Crippen molar-refractivity contribution in [3.63, 3.8) is 0 Å². The van der Waals surface area contributed by atoms with Crippen LogP contribution in [0.15, 0.2) is 24.3 Å². The van der Waals surface area contributed by atoms with E-state index in [-0.39, 0.29) is 18.7 Å². The van der Waals surface area contributed by atoms with Crippen molar-refractivity contribution in [2.45, 2.75) is 19.8 Å². The Hall–Kier alpha value is -2.08. The summed E-state index contributed by atoms with van der Waals surface area (Å²) in [6, 6.07) is 7.71. The molecule has 1 amide bonds. The van der Waals surface area contributed by atoms with E-state index in [2.05, 4.69) is 22.0 Å². The van der Waals surface area contributed by atoms with Crippen LogP contribution < -0.4 is 10.2 Å². The highest BCUT2D eigenvalue weighted by atomic mass is 16.4. The van der Waals surface area contributed by atoms with E-state index in [0.717, 1.165) is 38.4 Å². The van der Waals surface area contributed by atoms with Crippen LogP contribution in [-0.2, 0) is 9.59 Å². The molecule has 1 aromatic rings. The number of aliphatic carboxylic acids is 1. The highest BCUT2D eigenvalue weighted by Gasteiger charge is 2.15. The molecule has 0 unspecified atom stereocenters. The normalized spacial score (nSPS) is 15.6. The van der Waals surface area contributed by atoms with Crippen molar-refractivity contribution in [2.24, 2.45) is 0 Å². The molecule has 0 atom stereocenters. The van der Waals surface area contributed by atoms with Gasteiger partial charge in [0.15, 0.2) is 0 Å². The second-order valence-electron chi connectivity index (χ2n) is 5.41. The molecule has 6 heteroatoms. The van der Waals surface area contributed by atoms with Gasteiger partial charge in [0.25, 0.3) is 0 Å². The molecule has 1 aliphatic heterocycles. The molecule has 2 N–H and O–H groups in total. The molecule has 1 heterocycles. The molecule has 2 rings (SSSR count). The lowest BCUT2D eigenvalue weighted by Gasteiger charge is -2.35. The number of likely N-dealkylation sites (N-methyl/N-ethyl adjacent to an activating group) is 1. The van der Waals surface area contributed by atoms with Gasteiger partial charge in [-0.2, -0.15) is 0 Å². The molecule has 6 nitrogen and oxygen atoms in total. The van der Waals surface area contributed by atoms with Crippen LogP contribution in [0.25, 0.3) is 0 Å². The molecular weight excluding hydrogens is 282 g/mol. The number of rotatable bonds is 6. The van der Waals surface area contributed by atoms with Crippen LogP contribution in [0.1, 0.15) is 19.8 Å². The van der Waals surface area contributed by atoms with Crippen molar-refractivity contribution < 1.29 is 14.7 Å². The minimum atomic E-state index is -0.961. The molecule has 1 aromatic carbocycles. The maximum absolute atomic E-state index is 11.6. The van der Waals surface area contributed by atoms with E-state index in [1.165, 1.54) is 0 Å². The van der Waals surface area contributed by atoms with Crippen LogP contribution in [0.4, 0.5) is 11.4 Å². The first-order chi connectivity index (χ1) is 10.6. The maximum Gasteiger partial charge on any atom is 0.303 e. The third-order valence-corrected chi connectivity index (χ3v) is 3.90. The summed E-state index contributed by atoms with van der Waals surface area (Å²) in [5.41, 5.74) is 1.85. The number of hydrogen-bond donors (Lipinski definition) is 2. The Morgan fingerprint density at radius 1 is 1.09 bits per heavy atom. The fourth-order valence-corrected chi connectivity index (χ4v) is 2.52. The quantitative estimate of drug-likeness (QED) is 0.836. The number of carbonyl (C=O) groups is 2. The average Bonchev–Trinajstić information content (AvgIpc) is 2.54. The second kappa shape index (κ2) is 7.79. The first kappa shape index (κ1) is 16.3. The van der Waals surface area contributed by atoms with Gasteiger partial charge in [0.05, 0.1) is 6.42 Å². The summed E-state index contributed by atoms with van der Waals surface area (Å²) in [6.45, 7) is 7.44. The van der Waals surface area contributed by atoms with E-state index in [9.17, 15) is 9.59 Å². The number of amides is 1. The average molecular weight is 305 g/mol. The van der Waals surface area contributed by atoms with Gasteiger partial charge in [0.2, 0.25) is 5.91 Å². The van der Waals surface area contributed by atoms with E-state index in [0.29, 0.717) is 5.69 Å². The van der Waals surface area contributed by atoms with Crippen molar-refractivity contribution in [3.05, 3.63) is 24.3 Å². The van der Waals surface area contributed by atoms with Crippen LogP contribution in [0.5, 0.6) is 0 Å². The lowest BCUT2D eigenvalue weighted by atomic mass is 10.2. The summed E-state index contributed by atoms with van der Waals surface area (Å²) in [7, 11) is 0. The van der Waals surface area contributed by atoms with E-state index < -0.39 is 5.97 Å². The summed E-state index contributed by atoms with van der Waals surface area (Å²) in [5.74, 6) is -1.23. The third kappa shape index (κ3) is 4.73. The fraction of sp³-hybridized carbons (Fsp3) is 0.500. The highest BCUT2D eigenvalue weighted by Crippen LogP contribution is 2.19. The molecule has 1 saturated heterocycles. The van der Waals surface area contributed by atoms with Gasteiger partial charge < -0.3 is 20.2 Å². The topological polar surface area (TPSA) is 72.9 Å². The zero-order valence-electron chi connectivity index (χ0n) is 12.9. The van der Waals surface area contributed by atoms with Crippen LogP contribution in [0.2, 0.25) is 0 Å². The number of nitrogens with one attached hydrogen (secondary N) is 1. The van der Waals surface area contributed by atoms with Gasteiger partial charge in [-0.15, -0.1) is 0 Å². The molecule has 1 aliphatic rings. The Balaban J connectivity index is 1.85. The van der Waals surface area contributed by atoms with Gasteiger partial charge >= 0.3 is 5.97 Å². The van der Waals surface area contributed by atoms with Gasteiger partial charge in [0, 0.05) is 44.0 Å². The van der Waals surface area contributed by atoms with Crippen LogP contribution >= 0.6 is 0 Å². The number of carbonyl (C=O) groups excluding carboxylic acids is 1. The Morgan fingerprint density at radius 3 is 2.27 bits per heavy atom. The third-order valence-electron chi connectivity index (χ3n) is 3.90. The van der Waals surface area contributed by atoms with Crippen LogP contribution in [0.3, 0.4) is 0 Å². The number of piperazine rings is 1. The van der Waals surface area contributed by atoms with Crippen molar-refractivity contribution in [1.29, 1.82) is 0 Å². The molecule has 1 fully saturated rings. The largest absolute Gasteiger partial charge is 0.481 e. The first-order valence-corrected chi connectivity index (χ1v) is 7.67. The Morgan fingerprint density at radius 2 is 1.73 bits per heavy atom. The summed E-state index contributed by atoms with van der Waals surface area (Å²) >= 11 is 0. The zero-order chi connectivity index (χ0) is 15.9. The Labute approximate surface area is 130 Å². The predicted octanol–water partition coefficient (Wildman–Crippen LogP) is 1.63. The molecule has 0 bridgehead atoms. The van der Waals surface area contributed by atoms with E-state index in [4.69, 9.17) is 5.11 Å². The van der Waals surface area contributed by atoms with E-state index in [1.807, 2.05) is 24.3 Å². The van der Waals surface area contributed by atoms with E-state index in [1.54, 1.807) is 0 Å². The molecule has 0 radical (unpaired) electrons. The second-order valence-corrected chi connectivity index (χ2v) is 5.41. The smallest absolute Gasteiger partial charge is 0.303 e. The fourth-order valence-electron chi connectivity index (χ4n) is 2.52. The van der Waals surface area contributed by atoms with E-state index >= 15 is 0 Å². The van der Waals surface area contributed by atoms with Gasteiger partial charge in [-0.3, -0.25) is 9.59 Å². The minimum absolute atomic E-state index is 0.00391. The summed E-state index contributed by atoms with van der Waals surface area (Å²) in [5, 5.41) is 11.3. The number of hydrogen-bond acceptors (Lipinski definition) is 4. The van der Waals surface area contributed by atoms with Gasteiger partial charge in [-0.05, 0) is 30.8 Å². The molecule has 0 aromatic heterocycles. The van der Waals surface area contributed by atoms with Gasteiger partial charge in [-0.1, -0.05) is 6.92 Å². The minimum Gasteiger partial charge on any atom is -0.481 e. The van der Waals surface area contributed by atoms with Gasteiger partial charge in [0.1, 0.15) is 0 Å². The molecular formula is C16H23N3O3. The molecule has 0 aliphatic carbocycles. The van der Waals surface area contributed by atoms with Crippen LogP contribution in [0, 0.1) is 0 Å². The Kier molecular flexibility index (Phi) is 5.77. The Bertz CT molecular complexity index is 508. The van der Waals surface area contributed by atoms with Crippen molar-refractivity contribution in [1.82, 2.24) is 4.90 Å².